The number of para-hydroxylation sites is 1. The molecule has 1 heterocycles. The monoisotopic (exact) mass is 329 g/mol. The highest BCUT2D eigenvalue weighted by atomic mass is 19.4. The largest absolute Gasteiger partial charge is 0.573 e. The van der Waals surface area contributed by atoms with E-state index in [1.165, 1.54) is 18.2 Å². The van der Waals surface area contributed by atoms with E-state index >= 15 is 0 Å². The van der Waals surface area contributed by atoms with Crippen molar-refractivity contribution >= 4 is 18.1 Å². The number of benzene rings is 1. The minimum atomic E-state index is -4.84. The van der Waals surface area contributed by atoms with E-state index in [0.717, 1.165) is 23.1 Å². The Bertz CT molecular complexity index is 652. The molecule has 1 aliphatic rings. The number of ether oxygens (including phenoxy) is 2. The number of carbonyl (C=O) groups excluding carboxylic acids is 2. The molecule has 1 aliphatic heterocycles. The quantitative estimate of drug-likeness (QED) is 0.798. The Morgan fingerprint density at radius 1 is 1.35 bits per heavy atom. The number of halogens is 3. The molecule has 0 spiro atoms. The predicted molar refractivity (Wildman–Crippen MR) is 74.4 cm³/mol. The first-order valence-electron chi connectivity index (χ1n) is 6.64. The molecule has 2 rings (SSSR count). The van der Waals surface area contributed by atoms with Gasteiger partial charge in [-0.3, -0.25) is 4.79 Å². The molecule has 0 saturated carbocycles. The van der Waals surface area contributed by atoms with Crippen LogP contribution in [0.1, 0.15) is 19.4 Å². The molecule has 8 heteroatoms. The van der Waals surface area contributed by atoms with Crippen LogP contribution >= 0.6 is 0 Å². The van der Waals surface area contributed by atoms with Gasteiger partial charge in [-0.15, -0.1) is 13.2 Å². The highest BCUT2D eigenvalue weighted by Gasteiger charge is 2.43. The van der Waals surface area contributed by atoms with E-state index in [1.807, 2.05) is 0 Å². The molecule has 0 bridgehead atoms. The van der Waals surface area contributed by atoms with Crippen molar-refractivity contribution in [2.75, 3.05) is 6.61 Å². The average molecular weight is 329 g/mol. The Kier molecular flexibility index (Phi) is 4.35. The molecule has 0 atom stereocenters. The minimum absolute atomic E-state index is 0.0547. The third-order valence-corrected chi connectivity index (χ3v) is 3.11. The van der Waals surface area contributed by atoms with E-state index in [9.17, 15) is 22.8 Å². The van der Waals surface area contributed by atoms with Crippen LogP contribution in [0.25, 0.3) is 6.08 Å². The smallest absolute Gasteiger partial charge is 0.447 e. The van der Waals surface area contributed by atoms with E-state index in [4.69, 9.17) is 4.74 Å². The minimum Gasteiger partial charge on any atom is -0.447 e. The van der Waals surface area contributed by atoms with Crippen LogP contribution in [0.2, 0.25) is 0 Å². The van der Waals surface area contributed by atoms with Crippen molar-refractivity contribution in [3.63, 3.8) is 0 Å². The zero-order valence-electron chi connectivity index (χ0n) is 12.4. The van der Waals surface area contributed by atoms with Gasteiger partial charge < -0.3 is 9.47 Å². The first-order chi connectivity index (χ1) is 10.6. The van der Waals surface area contributed by atoms with Gasteiger partial charge in [-0.25, -0.2) is 9.69 Å². The highest BCUT2D eigenvalue weighted by molar-refractivity contribution is 6.02. The predicted octanol–water partition coefficient (Wildman–Crippen LogP) is 3.36. The normalized spacial score (nSPS) is 17.4. The standard InChI is InChI=1S/C15H14F3NO4/c1-14(2)9-22-13(21)19(14)12(20)8-7-10-5-3-4-6-11(10)23-15(16,17)18/h3-8H,9H2,1-2H3/b8-7+. The van der Waals surface area contributed by atoms with Crippen LogP contribution in [0.4, 0.5) is 18.0 Å². The second-order valence-corrected chi connectivity index (χ2v) is 5.46. The van der Waals surface area contributed by atoms with Crippen LogP contribution in [0.5, 0.6) is 5.75 Å². The van der Waals surface area contributed by atoms with E-state index in [1.54, 1.807) is 13.8 Å². The molecule has 23 heavy (non-hydrogen) atoms. The zero-order chi connectivity index (χ0) is 17.3. The van der Waals surface area contributed by atoms with Gasteiger partial charge in [-0.05, 0) is 26.0 Å². The molecule has 0 unspecified atom stereocenters. The van der Waals surface area contributed by atoms with Crippen LogP contribution in [0, 0.1) is 0 Å². The van der Waals surface area contributed by atoms with E-state index in [2.05, 4.69) is 4.74 Å². The summed E-state index contributed by atoms with van der Waals surface area (Å²) in [5.74, 6) is -1.12. The summed E-state index contributed by atoms with van der Waals surface area (Å²) < 4.78 is 45.7. The molecule has 1 fully saturated rings. The van der Waals surface area contributed by atoms with Crippen molar-refractivity contribution in [2.24, 2.45) is 0 Å². The van der Waals surface area contributed by atoms with Gasteiger partial charge >= 0.3 is 12.5 Å². The van der Waals surface area contributed by atoms with Gasteiger partial charge in [0, 0.05) is 11.6 Å². The number of amides is 2. The van der Waals surface area contributed by atoms with Crippen LogP contribution < -0.4 is 4.74 Å². The summed E-state index contributed by atoms with van der Waals surface area (Å²) in [6.45, 7) is 3.34. The number of hydrogen-bond acceptors (Lipinski definition) is 4. The van der Waals surface area contributed by atoms with Crippen molar-refractivity contribution in [3.8, 4) is 5.75 Å². The first kappa shape index (κ1) is 16.9. The van der Waals surface area contributed by atoms with Crippen LogP contribution in [-0.2, 0) is 9.53 Å². The van der Waals surface area contributed by atoms with Gasteiger partial charge in [-0.1, -0.05) is 18.2 Å². The molecule has 1 saturated heterocycles. The van der Waals surface area contributed by atoms with Crippen LogP contribution in [-0.4, -0.2) is 35.4 Å². The summed E-state index contributed by atoms with van der Waals surface area (Å²) in [7, 11) is 0. The fraction of sp³-hybridized carbons (Fsp3) is 0.333. The lowest BCUT2D eigenvalue weighted by molar-refractivity contribution is -0.274. The van der Waals surface area contributed by atoms with Gasteiger partial charge in [0.15, 0.2) is 0 Å². The number of nitrogens with zero attached hydrogens (tertiary/aromatic N) is 1. The van der Waals surface area contributed by atoms with Crippen LogP contribution in [0.15, 0.2) is 30.3 Å². The maximum Gasteiger partial charge on any atom is 0.573 e. The van der Waals surface area contributed by atoms with E-state index in [0.29, 0.717) is 0 Å². The summed E-state index contributed by atoms with van der Waals surface area (Å²) in [4.78, 5) is 24.6. The number of alkyl halides is 3. The third kappa shape index (κ3) is 4.02. The van der Waals surface area contributed by atoms with Crippen molar-refractivity contribution in [3.05, 3.63) is 35.9 Å². The number of hydrogen-bond donors (Lipinski definition) is 0. The number of rotatable bonds is 3. The summed E-state index contributed by atoms with van der Waals surface area (Å²) in [6, 6.07) is 5.37. The van der Waals surface area contributed by atoms with Crippen LogP contribution in [0.3, 0.4) is 0 Å². The molecule has 1 aromatic carbocycles. The van der Waals surface area contributed by atoms with Gasteiger partial charge in [0.05, 0.1) is 5.54 Å². The van der Waals surface area contributed by atoms with Crippen molar-refractivity contribution < 1.29 is 32.2 Å². The zero-order valence-corrected chi connectivity index (χ0v) is 12.4. The SMILES string of the molecule is CC1(C)COC(=O)N1C(=O)/C=C/c1ccccc1OC(F)(F)F. The molecule has 124 valence electrons. The Balaban J connectivity index is 2.21. The van der Waals surface area contributed by atoms with Gasteiger partial charge in [-0.2, -0.15) is 0 Å². The molecule has 0 radical (unpaired) electrons. The first-order valence-corrected chi connectivity index (χ1v) is 6.64. The molecular weight excluding hydrogens is 315 g/mol. The lowest BCUT2D eigenvalue weighted by Gasteiger charge is -2.24. The second-order valence-electron chi connectivity index (χ2n) is 5.46. The molecule has 0 N–H and O–H groups in total. The molecule has 0 aliphatic carbocycles. The molecular formula is C15H14F3NO4. The lowest BCUT2D eigenvalue weighted by Crippen LogP contribution is -2.45. The fourth-order valence-corrected chi connectivity index (χ4v) is 2.07. The van der Waals surface area contributed by atoms with Gasteiger partial charge in [0.2, 0.25) is 0 Å². The van der Waals surface area contributed by atoms with Crippen molar-refractivity contribution in [1.82, 2.24) is 4.90 Å². The Morgan fingerprint density at radius 3 is 2.57 bits per heavy atom. The molecule has 2 amide bonds. The average Bonchev–Trinajstić information content (AvgIpc) is 2.69. The fourth-order valence-electron chi connectivity index (χ4n) is 2.07. The second kappa shape index (κ2) is 5.94. The number of carbonyl (C=O) groups is 2. The summed E-state index contributed by atoms with van der Waals surface area (Å²) in [5.41, 5.74) is -0.760. The summed E-state index contributed by atoms with van der Waals surface area (Å²) in [6.07, 6.45) is -3.46. The van der Waals surface area contributed by atoms with Gasteiger partial charge in [0.25, 0.3) is 5.91 Å². The molecule has 0 aromatic heterocycles. The Labute approximate surface area is 130 Å². The van der Waals surface area contributed by atoms with Gasteiger partial charge in [0.1, 0.15) is 12.4 Å². The maximum atomic E-state index is 12.3. The van der Waals surface area contributed by atoms with E-state index < -0.39 is 29.7 Å². The lowest BCUT2D eigenvalue weighted by atomic mass is 10.1. The Hall–Kier alpha value is -2.51. The van der Waals surface area contributed by atoms with Crippen molar-refractivity contribution in [1.29, 1.82) is 0 Å². The summed E-state index contributed by atoms with van der Waals surface area (Å²) in [5, 5.41) is 0. The maximum absolute atomic E-state index is 12.3. The van der Waals surface area contributed by atoms with Crippen molar-refractivity contribution in [2.45, 2.75) is 25.7 Å². The molecule has 1 aromatic rings. The third-order valence-electron chi connectivity index (χ3n) is 3.11. The topological polar surface area (TPSA) is 55.8 Å². The Morgan fingerprint density at radius 2 is 2.00 bits per heavy atom. The number of imide groups is 1. The highest BCUT2D eigenvalue weighted by Crippen LogP contribution is 2.28. The van der Waals surface area contributed by atoms with E-state index in [-0.39, 0.29) is 12.2 Å². The molecule has 5 nitrogen and oxygen atoms in total. The summed E-state index contributed by atoms with van der Waals surface area (Å²) >= 11 is 0. The number of cyclic esters (lactones) is 1.